The van der Waals surface area contributed by atoms with Gasteiger partial charge in [-0.1, -0.05) is 35.9 Å². The Balaban J connectivity index is 2.53. The minimum Gasteiger partial charge on any atom is -0.316 e. The Morgan fingerprint density at radius 3 is 2.45 bits per heavy atom. The average Bonchev–Trinajstić information content (AvgIpc) is 2.40. The zero-order chi connectivity index (χ0) is 14.8. The van der Waals surface area contributed by atoms with E-state index in [0.29, 0.717) is 12.1 Å². The lowest BCUT2D eigenvalue weighted by atomic mass is 9.96. The van der Waals surface area contributed by atoms with Crippen LogP contribution in [0.1, 0.15) is 16.7 Å². The summed E-state index contributed by atoms with van der Waals surface area (Å²) in [7, 11) is 1.82. The number of nitrogens with one attached hydrogen (secondary N) is 1. The fraction of sp³-hybridized carbons (Fsp3) is 0.250. The van der Waals surface area contributed by atoms with Crippen LogP contribution in [0.3, 0.4) is 0 Å². The summed E-state index contributed by atoms with van der Waals surface area (Å²) in [6, 6.07) is 11.3. The third kappa shape index (κ3) is 3.20. The smallest absolute Gasteiger partial charge is 0.316 e. The summed E-state index contributed by atoms with van der Waals surface area (Å²) in [5.41, 5.74) is 2.82. The molecule has 2 aromatic carbocycles. The molecule has 0 fully saturated rings. The molecule has 20 heavy (non-hydrogen) atoms. The van der Waals surface area contributed by atoms with Gasteiger partial charge in [0.2, 0.25) is 0 Å². The van der Waals surface area contributed by atoms with Crippen LogP contribution in [-0.2, 0) is 12.7 Å². The highest BCUT2D eigenvalue weighted by molar-refractivity contribution is 5.69. The second-order valence-electron chi connectivity index (χ2n) is 4.77. The molecule has 0 saturated heterocycles. The van der Waals surface area contributed by atoms with Gasteiger partial charge in [0.1, 0.15) is 0 Å². The fourth-order valence-corrected chi connectivity index (χ4v) is 2.17. The van der Waals surface area contributed by atoms with Crippen molar-refractivity contribution in [1.29, 1.82) is 0 Å². The molecule has 0 aliphatic heterocycles. The predicted octanol–water partition coefficient (Wildman–Crippen LogP) is 4.40. The lowest BCUT2D eigenvalue weighted by molar-refractivity contribution is -0.137. The van der Waals surface area contributed by atoms with Gasteiger partial charge in [0.05, 0.1) is 5.56 Å². The van der Waals surface area contributed by atoms with Crippen molar-refractivity contribution in [1.82, 2.24) is 5.32 Å². The summed E-state index contributed by atoms with van der Waals surface area (Å²) in [6.45, 7) is 2.55. The number of halogens is 3. The molecule has 0 bridgehead atoms. The van der Waals surface area contributed by atoms with Crippen molar-refractivity contribution in [3.63, 3.8) is 0 Å². The lowest BCUT2D eigenvalue weighted by Gasteiger charge is -2.13. The van der Waals surface area contributed by atoms with E-state index in [0.717, 1.165) is 22.8 Å². The largest absolute Gasteiger partial charge is 0.416 e. The summed E-state index contributed by atoms with van der Waals surface area (Å²) in [5.74, 6) is 0. The summed E-state index contributed by atoms with van der Waals surface area (Å²) < 4.78 is 38.4. The molecule has 0 aromatic heterocycles. The molecule has 0 atom stereocenters. The summed E-state index contributed by atoms with van der Waals surface area (Å²) in [5, 5.41) is 3.04. The maximum Gasteiger partial charge on any atom is 0.416 e. The Labute approximate surface area is 116 Å². The van der Waals surface area contributed by atoms with Gasteiger partial charge in [-0.25, -0.2) is 0 Å². The Morgan fingerprint density at radius 1 is 1.05 bits per heavy atom. The molecule has 106 valence electrons. The highest BCUT2D eigenvalue weighted by atomic mass is 19.4. The molecule has 1 nitrogen and oxygen atoms in total. The molecule has 0 spiro atoms. The zero-order valence-corrected chi connectivity index (χ0v) is 11.4. The topological polar surface area (TPSA) is 12.0 Å². The third-order valence-corrected chi connectivity index (χ3v) is 3.13. The van der Waals surface area contributed by atoms with Crippen molar-refractivity contribution in [3.05, 3.63) is 59.2 Å². The van der Waals surface area contributed by atoms with Gasteiger partial charge in [-0.05, 0) is 42.8 Å². The van der Waals surface area contributed by atoms with E-state index < -0.39 is 11.7 Å². The van der Waals surface area contributed by atoms with Gasteiger partial charge in [0.15, 0.2) is 0 Å². The first-order chi connectivity index (χ1) is 9.41. The molecule has 0 heterocycles. The average molecular weight is 279 g/mol. The zero-order valence-electron chi connectivity index (χ0n) is 11.4. The van der Waals surface area contributed by atoms with Crippen LogP contribution in [0.25, 0.3) is 11.1 Å². The van der Waals surface area contributed by atoms with Crippen molar-refractivity contribution < 1.29 is 13.2 Å². The van der Waals surface area contributed by atoms with E-state index in [1.54, 1.807) is 6.07 Å². The summed E-state index contributed by atoms with van der Waals surface area (Å²) in [6.07, 6.45) is -4.32. The predicted molar refractivity (Wildman–Crippen MR) is 74.4 cm³/mol. The highest BCUT2D eigenvalue weighted by Crippen LogP contribution is 2.33. The Hall–Kier alpha value is -1.81. The monoisotopic (exact) mass is 279 g/mol. The lowest BCUT2D eigenvalue weighted by Crippen LogP contribution is -2.07. The van der Waals surface area contributed by atoms with Crippen LogP contribution in [0.4, 0.5) is 13.2 Å². The Kier molecular flexibility index (Phi) is 4.14. The van der Waals surface area contributed by atoms with Gasteiger partial charge >= 0.3 is 6.18 Å². The molecule has 0 unspecified atom stereocenters. The maximum absolute atomic E-state index is 12.8. The number of alkyl halides is 3. The molecule has 0 saturated carbocycles. The van der Waals surface area contributed by atoms with Crippen molar-refractivity contribution >= 4 is 0 Å². The first-order valence-electron chi connectivity index (χ1n) is 6.33. The van der Waals surface area contributed by atoms with Gasteiger partial charge < -0.3 is 5.32 Å². The molecule has 0 aliphatic rings. The summed E-state index contributed by atoms with van der Waals surface area (Å²) in [4.78, 5) is 0. The first kappa shape index (κ1) is 14.6. The number of hydrogen-bond donors (Lipinski definition) is 1. The Bertz CT molecular complexity index is 603. The van der Waals surface area contributed by atoms with Gasteiger partial charge in [-0.3, -0.25) is 0 Å². The molecule has 4 heteroatoms. The van der Waals surface area contributed by atoms with Crippen LogP contribution in [0.5, 0.6) is 0 Å². The minimum atomic E-state index is -4.32. The van der Waals surface area contributed by atoms with Crippen molar-refractivity contribution in [3.8, 4) is 11.1 Å². The number of hydrogen-bond acceptors (Lipinski definition) is 1. The van der Waals surface area contributed by atoms with Gasteiger partial charge in [0, 0.05) is 6.54 Å². The number of aryl methyl sites for hydroxylation is 1. The quantitative estimate of drug-likeness (QED) is 0.878. The van der Waals surface area contributed by atoms with E-state index in [2.05, 4.69) is 5.32 Å². The molecule has 2 aromatic rings. The molecule has 0 amide bonds. The van der Waals surface area contributed by atoms with Crippen molar-refractivity contribution in [2.45, 2.75) is 19.6 Å². The van der Waals surface area contributed by atoms with E-state index in [9.17, 15) is 13.2 Å². The molecule has 2 rings (SSSR count). The van der Waals surface area contributed by atoms with E-state index in [1.807, 2.05) is 32.2 Å². The van der Waals surface area contributed by atoms with Gasteiger partial charge in [0.25, 0.3) is 0 Å². The van der Waals surface area contributed by atoms with Crippen LogP contribution in [0.2, 0.25) is 0 Å². The first-order valence-corrected chi connectivity index (χ1v) is 6.33. The molecular weight excluding hydrogens is 263 g/mol. The van der Waals surface area contributed by atoms with Crippen LogP contribution in [0, 0.1) is 6.92 Å². The van der Waals surface area contributed by atoms with E-state index in [-0.39, 0.29) is 0 Å². The van der Waals surface area contributed by atoms with Crippen LogP contribution in [-0.4, -0.2) is 7.05 Å². The normalized spacial score (nSPS) is 11.7. The standard InChI is InChI=1S/C16H16F3N/c1-11-6-7-13(10-20-2)15(8-11)12-4-3-5-14(9-12)16(17,18)19/h3-9,20H,10H2,1-2H3. The Morgan fingerprint density at radius 2 is 1.80 bits per heavy atom. The summed E-state index contributed by atoms with van der Waals surface area (Å²) >= 11 is 0. The fourth-order valence-electron chi connectivity index (χ4n) is 2.17. The van der Waals surface area contributed by atoms with E-state index in [1.165, 1.54) is 12.1 Å². The number of rotatable bonds is 3. The molecule has 0 aliphatic carbocycles. The highest BCUT2D eigenvalue weighted by Gasteiger charge is 2.30. The van der Waals surface area contributed by atoms with E-state index in [4.69, 9.17) is 0 Å². The second-order valence-corrected chi connectivity index (χ2v) is 4.77. The molecule has 0 radical (unpaired) electrons. The van der Waals surface area contributed by atoms with Crippen molar-refractivity contribution in [2.24, 2.45) is 0 Å². The minimum absolute atomic E-state index is 0.591. The van der Waals surface area contributed by atoms with Crippen LogP contribution >= 0.6 is 0 Å². The van der Waals surface area contributed by atoms with Crippen LogP contribution in [0.15, 0.2) is 42.5 Å². The molecule has 1 N–H and O–H groups in total. The third-order valence-electron chi connectivity index (χ3n) is 3.13. The second kappa shape index (κ2) is 5.67. The maximum atomic E-state index is 12.8. The molecular formula is C16H16F3N. The van der Waals surface area contributed by atoms with E-state index >= 15 is 0 Å². The van der Waals surface area contributed by atoms with Gasteiger partial charge in [-0.15, -0.1) is 0 Å². The van der Waals surface area contributed by atoms with Gasteiger partial charge in [-0.2, -0.15) is 13.2 Å². The SMILES string of the molecule is CNCc1ccc(C)cc1-c1cccc(C(F)(F)F)c1. The number of benzene rings is 2. The van der Waals surface area contributed by atoms with Crippen molar-refractivity contribution in [2.75, 3.05) is 7.05 Å². The van der Waals surface area contributed by atoms with Crippen LogP contribution < -0.4 is 5.32 Å².